The summed E-state index contributed by atoms with van der Waals surface area (Å²) in [5.74, 6) is -7.13. The number of hydrogen-bond donors (Lipinski definition) is 9. The number of aliphatic hydroxyl groups is 2. The highest BCUT2D eigenvalue weighted by molar-refractivity contribution is 5.96. The summed E-state index contributed by atoms with van der Waals surface area (Å²) in [7, 11) is 0. The highest BCUT2D eigenvalue weighted by Gasteiger charge is 2.33. The molecule has 0 aliphatic heterocycles. The van der Waals surface area contributed by atoms with Crippen molar-refractivity contribution in [3.8, 4) is 0 Å². The molecule has 0 fully saturated rings. The number of carboxylic acids is 2. The molecule has 0 saturated carbocycles. The molecule has 4 amide bonds. The minimum atomic E-state index is -1.73. The Balaban J connectivity index is 5.45. The van der Waals surface area contributed by atoms with Gasteiger partial charge in [-0.05, 0) is 20.3 Å². The van der Waals surface area contributed by atoms with E-state index in [9.17, 15) is 39.0 Å². The molecule has 0 rings (SSSR count). The first-order chi connectivity index (χ1) is 14.7. The number of hydrogen-bond acceptors (Lipinski definition) is 9. The number of carbonyl (C=O) groups is 6. The maximum absolute atomic E-state index is 12.5. The SMILES string of the molecule is C[C@@H](O)[C@H](N)C(=O)N[C@@H](CC(N)=O)C(=O)N[C@H](C(=O)N[C@@H](CCC(=O)O)C(=O)O)[C@@H](C)O. The fraction of sp³-hybridized carbons (Fsp3) is 0.647. The first kappa shape index (κ1) is 28.7. The third kappa shape index (κ3) is 10.1. The van der Waals surface area contributed by atoms with Crippen LogP contribution in [0, 0.1) is 0 Å². The molecule has 15 heteroatoms. The van der Waals surface area contributed by atoms with Crippen molar-refractivity contribution in [1.82, 2.24) is 16.0 Å². The summed E-state index contributed by atoms with van der Waals surface area (Å²) in [6, 6.07) is -6.42. The second-order valence-electron chi connectivity index (χ2n) is 7.06. The summed E-state index contributed by atoms with van der Waals surface area (Å²) < 4.78 is 0. The average molecular weight is 463 g/mol. The zero-order valence-electron chi connectivity index (χ0n) is 17.5. The second kappa shape index (κ2) is 13.2. The summed E-state index contributed by atoms with van der Waals surface area (Å²) >= 11 is 0. The van der Waals surface area contributed by atoms with Crippen molar-refractivity contribution in [2.75, 3.05) is 0 Å². The molecule has 182 valence electrons. The number of carbonyl (C=O) groups excluding carboxylic acids is 4. The Bertz CT molecular complexity index is 727. The van der Waals surface area contributed by atoms with E-state index in [0.29, 0.717) is 0 Å². The third-order valence-electron chi connectivity index (χ3n) is 4.18. The predicted octanol–water partition coefficient (Wildman–Crippen LogP) is -4.65. The van der Waals surface area contributed by atoms with Gasteiger partial charge in [0.25, 0.3) is 0 Å². The maximum atomic E-state index is 12.5. The molecule has 0 aliphatic rings. The van der Waals surface area contributed by atoms with E-state index in [4.69, 9.17) is 21.7 Å². The van der Waals surface area contributed by atoms with Crippen LogP contribution in [0.2, 0.25) is 0 Å². The number of rotatable bonds is 14. The zero-order chi connectivity index (χ0) is 25.2. The van der Waals surface area contributed by atoms with Gasteiger partial charge in [0.1, 0.15) is 24.2 Å². The van der Waals surface area contributed by atoms with Crippen LogP contribution in [0.25, 0.3) is 0 Å². The number of nitrogens with two attached hydrogens (primary N) is 2. The van der Waals surface area contributed by atoms with Crippen LogP contribution in [0.3, 0.4) is 0 Å². The summed E-state index contributed by atoms with van der Waals surface area (Å²) in [5.41, 5.74) is 10.5. The molecule has 0 heterocycles. The van der Waals surface area contributed by atoms with Gasteiger partial charge < -0.3 is 47.8 Å². The minimum Gasteiger partial charge on any atom is -0.481 e. The monoisotopic (exact) mass is 463 g/mol. The van der Waals surface area contributed by atoms with Crippen LogP contribution in [0.4, 0.5) is 0 Å². The van der Waals surface area contributed by atoms with Crippen molar-refractivity contribution in [2.45, 2.75) is 69.5 Å². The van der Waals surface area contributed by atoms with Crippen LogP contribution >= 0.6 is 0 Å². The molecule has 0 unspecified atom stereocenters. The van der Waals surface area contributed by atoms with Gasteiger partial charge in [0.2, 0.25) is 23.6 Å². The summed E-state index contributed by atoms with van der Waals surface area (Å²) in [6.45, 7) is 2.31. The molecule has 0 saturated heterocycles. The van der Waals surface area contributed by atoms with Crippen LogP contribution in [0.15, 0.2) is 0 Å². The molecule has 0 spiro atoms. The Morgan fingerprint density at radius 2 is 1.34 bits per heavy atom. The van der Waals surface area contributed by atoms with E-state index in [1.165, 1.54) is 6.92 Å². The molecule has 0 aromatic heterocycles. The number of aliphatic carboxylic acids is 2. The fourth-order valence-electron chi connectivity index (χ4n) is 2.34. The van der Waals surface area contributed by atoms with Gasteiger partial charge in [-0.2, -0.15) is 0 Å². The predicted molar refractivity (Wildman–Crippen MR) is 105 cm³/mol. The summed E-state index contributed by atoms with van der Waals surface area (Å²) in [5, 5.41) is 43.2. The quantitative estimate of drug-likeness (QED) is 0.118. The number of primary amides is 1. The van der Waals surface area contributed by atoms with E-state index in [1.807, 2.05) is 5.32 Å². The summed E-state index contributed by atoms with van der Waals surface area (Å²) in [6.07, 6.45) is -4.60. The maximum Gasteiger partial charge on any atom is 0.326 e. The lowest BCUT2D eigenvalue weighted by molar-refractivity contribution is -0.144. The second-order valence-corrected chi connectivity index (χ2v) is 7.06. The van der Waals surface area contributed by atoms with Crippen molar-refractivity contribution in [1.29, 1.82) is 0 Å². The van der Waals surface area contributed by atoms with E-state index in [2.05, 4.69) is 10.6 Å². The molecule has 0 aliphatic carbocycles. The van der Waals surface area contributed by atoms with E-state index in [1.54, 1.807) is 0 Å². The van der Waals surface area contributed by atoms with Crippen molar-refractivity contribution >= 4 is 35.6 Å². The van der Waals surface area contributed by atoms with Gasteiger partial charge in [-0.3, -0.25) is 24.0 Å². The Kier molecular flexibility index (Phi) is 11.8. The number of amides is 4. The molecule has 0 radical (unpaired) electrons. The van der Waals surface area contributed by atoms with Gasteiger partial charge in [0.05, 0.1) is 18.6 Å². The van der Waals surface area contributed by atoms with Crippen LogP contribution in [0.5, 0.6) is 0 Å². The largest absolute Gasteiger partial charge is 0.481 e. The van der Waals surface area contributed by atoms with E-state index in [0.717, 1.165) is 6.92 Å². The van der Waals surface area contributed by atoms with Crippen molar-refractivity contribution in [2.24, 2.45) is 11.5 Å². The Hall–Kier alpha value is -3.30. The zero-order valence-corrected chi connectivity index (χ0v) is 17.5. The first-order valence-electron chi connectivity index (χ1n) is 9.43. The lowest BCUT2D eigenvalue weighted by Crippen LogP contribution is -2.60. The van der Waals surface area contributed by atoms with Crippen molar-refractivity contribution in [3.63, 3.8) is 0 Å². The molecule has 11 N–H and O–H groups in total. The number of carboxylic acid groups (broad SMARTS) is 2. The lowest BCUT2D eigenvalue weighted by atomic mass is 10.1. The van der Waals surface area contributed by atoms with Gasteiger partial charge in [-0.25, -0.2) is 4.79 Å². The standard InChI is InChI=1S/C17H29N5O10/c1-6(23)12(19)15(29)21-9(5-10(18)25)14(28)22-13(7(2)24)16(30)20-8(17(31)32)3-4-11(26)27/h6-9,12-13,23-24H,3-5,19H2,1-2H3,(H2,18,25)(H,20,30)(H,21,29)(H,22,28)(H,26,27)(H,31,32)/t6-,7-,8+,9+,12+,13+/m1/s1. The molecule has 6 atom stereocenters. The van der Waals surface area contributed by atoms with Crippen LogP contribution < -0.4 is 27.4 Å². The Morgan fingerprint density at radius 1 is 0.812 bits per heavy atom. The normalized spacial score (nSPS) is 16.4. The lowest BCUT2D eigenvalue weighted by Gasteiger charge is -2.26. The topological polar surface area (TPSA) is 271 Å². The van der Waals surface area contributed by atoms with E-state index < -0.39 is 91.2 Å². The Labute approximate surface area is 182 Å². The smallest absolute Gasteiger partial charge is 0.326 e. The molecular formula is C17H29N5O10. The van der Waals surface area contributed by atoms with E-state index >= 15 is 0 Å². The van der Waals surface area contributed by atoms with Gasteiger partial charge in [-0.1, -0.05) is 0 Å². The fourth-order valence-corrected chi connectivity index (χ4v) is 2.34. The summed E-state index contributed by atoms with van der Waals surface area (Å²) in [4.78, 5) is 70.1. The van der Waals surface area contributed by atoms with Crippen molar-refractivity contribution < 1.29 is 49.2 Å². The third-order valence-corrected chi connectivity index (χ3v) is 4.18. The molecule has 32 heavy (non-hydrogen) atoms. The van der Waals surface area contributed by atoms with Crippen LogP contribution in [-0.2, 0) is 28.8 Å². The van der Waals surface area contributed by atoms with Crippen LogP contribution in [0.1, 0.15) is 33.1 Å². The number of nitrogens with one attached hydrogen (secondary N) is 3. The Morgan fingerprint density at radius 3 is 1.75 bits per heavy atom. The van der Waals surface area contributed by atoms with Gasteiger partial charge in [-0.15, -0.1) is 0 Å². The molecule has 0 aromatic carbocycles. The molecule has 15 nitrogen and oxygen atoms in total. The molecule has 0 aromatic rings. The average Bonchev–Trinajstić information content (AvgIpc) is 2.66. The van der Waals surface area contributed by atoms with Crippen LogP contribution in [-0.4, -0.2) is 92.4 Å². The highest BCUT2D eigenvalue weighted by Crippen LogP contribution is 2.03. The highest BCUT2D eigenvalue weighted by atomic mass is 16.4. The number of aliphatic hydroxyl groups excluding tert-OH is 2. The van der Waals surface area contributed by atoms with E-state index in [-0.39, 0.29) is 0 Å². The first-order valence-corrected chi connectivity index (χ1v) is 9.43. The minimum absolute atomic E-state index is 0.464. The van der Waals surface area contributed by atoms with Gasteiger partial charge >= 0.3 is 11.9 Å². The van der Waals surface area contributed by atoms with Gasteiger partial charge in [0, 0.05) is 6.42 Å². The van der Waals surface area contributed by atoms with Crippen molar-refractivity contribution in [3.05, 3.63) is 0 Å². The molecular weight excluding hydrogens is 434 g/mol. The molecule has 0 bridgehead atoms. The van der Waals surface area contributed by atoms with Gasteiger partial charge in [0.15, 0.2) is 0 Å².